The average molecular weight is 369 g/mol. The van der Waals surface area contributed by atoms with Gasteiger partial charge in [-0.1, -0.05) is 35.4 Å². The Kier molecular flexibility index (Phi) is 6.40. The molecule has 146 valence electrons. The average Bonchev–Trinajstić information content (AvgIpc) is 2.62. The highest BCUT2D eigenvalue weighted by Crippen LogP contribution is 2.24. The summed E-state index contributed by atoms with van der Waals surface area (Å²) in [5.41, 5.74) is 6.08. The van der Waals surface area contributed by atoms with Crippen LogP contribution in [0.25, 0.3) is 0 Å². The molecule has 1 atom stereocenters. The number of aryl methyl sites for hydroxylation is 4. The van der Waals surface area contributed by atoms with Crippen LogP contribution in [-0.4, -0.2) is 55.4 Å². The minimum absolute atomic E-state index is 0.336. The molecule has 1 fully saturated rings. The maximum Gasteiger partial charge on any atom is 0.125 e. The van der Waals surface area contributed by atoms with Gasteiger partial charge in [0.25, 0.3) is 0 Å². The number of hydrogen-bond donors (Lipinski definition) is 1. The van der Waals surface area contributed by atoms with Gasteiger partial charge in [-0.2, -0.15) is 0 Å². The van der Waals surface area contributed by atoms with Gasteiger partial charge in [0.1, 0.15) is 18.5 Å². The van der Waals surface area contributed by atoms with Crippen molar-refractivity contribution in [3.63, 3.8) is 0 Å². The Morgan fingerprint density at radius 2 is 1.48 bits per heavy atom. The van der Waals surface area contributed by atoms with Gasteiger partial charge in [0.05, 0.1) is 0 Å². The molecule has 1 unspecified atom stereocenters. The van der Waals surface area contributed by atoms with E-state index >= 15 is 0 Å². The molecular formula is C23H32N2O2. The van der Waals surface area contributed by atoms with Crippen molar-refractivity contribution in [1.29, 1.82) is 0 Å². The third-order valence-corrected chi connectivity index (χ3v) is 5.27. The molecule has 4 nitrogen and oxygen atoms in total. The van der Waals surface area contributed by atoms with Gasteiger partial charge in [0, 0.05) is 38.4 Å². The van der Waals surface area contributed by atoms with Crippen LogP contribution < -0.4 is 9.64 Å². The summed E-state index contributed by atoms with van der Waals surface area (Å²) in [6.45, 7) is 13.2. The maximum atomic E-state index is 10.4. The smallest absolute Gasteiger partial charge is 0.125 e. The van der Waals surface area contributed by atoms with Crippen molar-refractivity contribution in [3.05, 3.63) is 58.7 Å². The van der Waals surface area contributed by atoms with Gasteiger partial charge in [-0.3, -0.25) is 4.90 Å². The van der Waals surface area contributed by atoms with Crippen LogP contribution in [0.5, 0.6) is 5.75 Å². The number of nitrogens with zero attached hydrogens (tertiary/aromatic N) is 2. The summed E-state index contributed by atoms with van der Waals surface area (Å²) < 4.78 is 5.94. The second-order valence-corrected chi connectivity index (χ2v) is 7.82. The minimum atomic E-state index is -0.476. The molecule has 0 radical (unpaired) electrons. The van der Waals surface area contributed by atoms with Crippen molar-refractivity contribution in [1.82, 2.24) is 4.90 Å². The van der Waals surface area contributed by atoms with Crippen LogP contribution in [0.1, 0.15) is 22.3 Å². The fourth-order valence-electron chi connectivity index (χ4n) is 3.87. The van der Waals surface area contributed by atoms with E-state index in [2.05, 4.69) is 73.9 Å². The second-order valence-electron chi connectivity index (χ2n) is 7.82. The van der Waals surface area contributed by atoms with Gasteiger partial charge >= 0.3 is 0 Å². The zero-order valence-electron chi connectivity index (χ0n) is 17.0. The molecule has 0 saturated carbocycles. The number of piperazine rings is 1. The van der Waals surface area contributed by atoms with Crippen molar-refractivity contribution in [2.45, 2.75) is 33.8 Å². The molecule has 2 aromatic carbocycles. The molecule has 1 saturated heterocycles. The van der Waals surface area contributed by atoms with Crippen molar-refractivity contribution >= 4 is 5.69 Å². The predicted octanol–water partition coefficient (Wildman–Crippen LogP) is 3.48. The molecule has 2 aromatic rings. The summed E-state index contributed by atoms with van der Waals surface area (Å²) >= 11 is 0. The Hall–Kier alpha value is -2.04. The predicted molar refractivity (Wildman–Crippen MR) is 112 cm³/mol. The highest BCUT2D eigenvalue weighted by atomic mass is 16.5. The third-order valence-electron chi connectivity index (χ3n) is 5.27. The number of β-amino-alcohol motifs (C(OH)–C–C–N with tert-alkyl or cyclic N) is 1. The van der Waals surface area contributed by atoms with E-state index < -0.39 is 6.10 Å². The molecule has 0 aliphatic carbocycles. The van der Waals surface area contributed by atoms with E-state index in [1.165, 1.54) is 16.8 Å². The summed E-state index contributed by atoms with van der Waals surface area (Å²) in [4.78, 5) is 4.74. The van der Waals surface area contributed by atoms with Crippen LogP contribution in [0.2, 0.25) is 0 Å². The monoisotopic (exact) mass is 368 g/mol. The van der Waals surface area contributed by atoms with Crippen molar-refractivity contribution in [3.8, 4) is 5.75 Å². The van der Waals surface area contributed by atoms with Crippen molar-refractivity contribution in [2.75, 3.05) is 44.2 Å². The quantitative estimate of drug-likeness (QED) is 0.847. The van der Waals surface area contributed by atoms with E-state index in [1.54, 1.807) is 0 Å². The number of anilines is 1. The molecule has 1 heterocycles. The molecule has 4 heteroatoms. The summed E-state index contributed by atoms with van der Waals surface area (Å²) in [5, 5.41) is 10.4. The number of hydrogen-bond acceptors (Lipinski definition) is 4. The number of benzene rings is 2. The molecule has 3 rings (SSSR count). The normalized spacial score (nSPS) is 16.4. The number of aliphatic hydroxyl groups excluding tert-OH is 1. The van der Waals surface area contributed by atoms with Crippen LogP contribution in [-0.2, 0) is 0 Å². The summed E-state index contributed by atoms with van der Waals surface area (Å²) in [6, 6.07) is 13.0. The lowest BCUT2D eigenvalue weighted by molar-refractivity contribution is 0.0658. The second kappa shape index (κ2) is 8.77. The van der Waals surface area contributed by atoms with E-state index in [0.717, 1.165) is 43.1 Å². The van der Waals surface area contributed by atoms with Gasteiger partial charge in [0.2, 0.25) is 0 Å². The Morgan fingerprint density at radius 3 is 2.07 bits per heavy atom. The highest BCUT2D eigenvalue weighted by Gasteiger charge is 2.20. The lowest BCUT2D eigenvalue weighted by Crippen LogP contribution is -2.49. The Bertz CT molecular complexity index is 726. The first kappa shape index (κ1) is 19.7. The highest BCUT2D eigenvalue weighted by molar-refractivity contribution is 5.48. The van der Waals surface area contributed by atoms with E-state index in [1.807, 2.05) is 0 Å². The molecule has 0 spiro atoms. The molecule has 1 aliphatic heterocycles. The van der Waals surface area contributed by atoms with E-state index in [9.17, 15) is 5.11 Å². The standard InChI is InChI=1S/C23H32N2O2/c1-17-5-7-21(8-6-17)25-11-9-24(10-12-25)15-22(26)16-27-23-19(3)13-18(2)14-20(23)4/h5-8,13-14,22,26H,9-12,15-16H2,1-4H3. The Labute approximate surface area is 163 Å². The van der Waals surface area contributed by atoms with Gasteiger partial charge in [-0.05, 0) is 51.0 Å². The van der Waals surface area contributed by atoms with Gasteiger partial charge in [-0.25, -0.2) is 0 Å². The zero-order chi connectivity index (χ0) is 19.4. The molecule has 27 heavy (non-hydrogen) atoms. The van der Waals surface area contributed by atoms with Gasteiger partial charge in [0.15, 0.2) is 0 Å². The first-order valence-electron chi connectivity index (χ1n) is 9.85. The van der Waals surface area contributed by atoms with Crippen LogP contribution in [0.4, 0.5) is 5.69 Å². The first-order valence-corrected chi connectivity index (χ1v) is 9.85. The minimum Gasteiger partial charge on any atom is -0.490 e. The van der Waals surface area contributed by atoms with Gasteiger partial charge < -0.3 is 14.7 Å². The number of ether oxygens (including phenoxy) is 1. The van der Waals surface area contributed by atoms with Crippen LogP contribution in [0.15, 0.2) is 36.4 Å². The zero-order valence-corrected chi connectivity index (χ0v) is 17.0. The number of rotatable bonds is 6. The van der Waals surface area contributed by atoms with E-state index in [4.69, 9.17) is 4.74 Å². The molecule has 1 N–H and O–H groups in total. The first-order chi connectivity index (χ1) is 12.9. The van der Waals surface area contributed by atoms with E-state index in [-0.39, 0.29) is 0 Å². The molecule has 1 aliphatic rings. The van der Waals surface area contributed by atoms with Crippen LogP contribution in [0.3, 0.4) is 0 Å². The largest absolute Gasteiger partial charge is 0.490 e. The third kappa shape index (κ3) is 5.24. The summed E-state index contributed by atoms with van der Waals surface area (Å²) in [6.07, 6.45) is -0.476. The van der Waals surface area contributed by atoms with Gasteiger partial charge in [-0.15, -0.1) is 0 Å². The van der Waals surface area contributed by atoms with Crippen molar-refractivity contribution in [2.24, 2.45) is 0 Å². The lowest BCUT2D eigenvalue weighted by Gasteiger charge is -2.37. The van der Waals surface area contributed by atoms with E-state index in [0.29, 0.717) is 13.2 Å². The Balaban J connectivity index is 1.46. The topological polar surface area (TPSA) is 35.9 Å². The molecule has 0 aromatic heterocycles. The van der Waals surface area contributed by atoms with Crippen molar-refractivity contribution < 1.29 is 9.84 Å². The maximum absolute atomic E-state index is 10.4. The SMILES string of the molecule is Cc1ccc(N2CCN(CC(O)COc3c(C)cc(C)cc3C)CC2)cc1. The van der Waals surface area contributed by atoms with Crippen LogP contribution in [0, 0.1) is 27.7 Å². The fraction of sp³-hybridized carbons (Fsp3) is 0.478. The molecule has 0 bridgehead atoms. The fourth-order valence-corrected chi connectivity index (χ4v) is 3.87. The molecule has 0 amide bonds. The lowest BCUT2D eigenvalue weighted by atomic mass is 10.1. The molecular weight excluding hydrogens is 336 g/mol. The summed E-state index contributed by atoms with van der Waals surface area (Å²) in [5.74, 6) is 0.906. The Morgan fingerprint density at radius 1 is 0.889 bits per heavy atom. The number of aliphatic hydroxyl groups is 1. The van der Waals surface area contributed by atoms with Crippen LogP contribution >= 0.6 is 0 Å². The summed E-state index contributed by atoms with van der Waals surface area (Å²) in [7, 11) is 0.